The van der Waals surface area contributed by atoms with Gasteiger partial charge in [0.2, 0.25) is 11.8 Å². The molecule has 1 saturated heterocycles. The molecule has 2 amide bonds. The van der Waals surface area contributed by atoms with Crippen LogP contribution < -0.4 is 5.32 Å². The summed E-state index contributed by atoms with van der Waals surface area (Å²) < 4.78 is 0. The number of amides is 2. The van der Waals surface area contributed by atoms with Gasteiger partial charge < -0.3 is 10.2 Å². The summed E-state index contributed by atoms with van der Waals surface area (Å²) in [6.07, 6.45) is 6.85. The molecule has 0 spiro atoms. The maximum absolute atomic E-state index is 12.7. The third-order valence-corrected chi connectivity index (χ3v) is 6.16. The Bertz CT molecular complexity index is 646. The molecule has 1 atom stereocenters. The number of H-pyrrole nitrogens is 1. The standard InChI is InChI=1S/C20H33N5O2/c1-14-17(15(2)23-22-14)9-6-11-24(3)19(26)13-18-20(27)21-10-12-25(18)16-7-4-5-8-16/h16,18H,4-13H2,1-3H3,(H,21,27)(H,22,23)/t18-/m0/s1. The largest absolute Gasteiger partial charge is 0.353 e. The second kappa shape index (κ2) is 8.87. The van der Waals surface area contributed by atoms with E-state index in [0.29, 0.717) is 19.1 Å². The Morgan fingerprint density at radius 2 is 2.04 bits per heavy atom. The molecule has 1 aliphatic heterocycles. The highest BCUT2D eigenvalue weighted by atomic mass is 16.2. The number of nitrogens with one attached hydrogen (secondary N) is 2. The minimum Gasteiger partial charge on any atom is -0.353 e. The van der Waals surface area contributed by atoms with Crippen molar-refractivity contribution >= 4 is 11.8 Å². The molecular weight excluding hydrogens is 342 g/mol. The Kier molecular flexibility index (Phi) is 6.52. The molecule has 7 nitrogen and oxygen atoms in total. The van der Waals surface area contributed by atoms with Crippen LogP contribution in [0, 0.1) is 13.8 Å². The molecule has 1 aliphatic carbocycles. The minimum absolute atomic E-state index is 0.0135. The van der Waals surface area contributed by atoms with E-state index in [1.165, 1.54) is 18.4 Å². The van der Waals surface area contributed by atoms with E-state index < -0.39 is 0 Å². The van der Waals surface area contributed by atoms with Crippen molar-refractivity contribution in [1.29, 1.82) is 0 Å². The first-order valence-electron chi connectivity index (χ1n) is 10.2. The topological polar surface area (TPSA) is 81.3 Å². The quantitative estimate of drug-likeness (QED) is 0.758. The smallest absolute Gasteiger partial charge is 0.237 e. The summed E-state index contributed by atoms with van der Waals surface area (Å²) in [7, 11) is 1.85. The fourth-order valence-electron chi connectivity index (χ4n) is 4.50. The van der Waals surface area contributed by atoms with Crippen LogP contribution in [-0.2, 0) is 16.0 Å². The Labute approximate surface area is 161 Å². The lowest BCUT2D eigenvalue weighted by Gasteiger charge is -2.39. The fraction of sp³-hybridized carbons (Fsp3) is 0.750. The van der Waals surface area contributed by atoms with Gasteiger partial charge in [-0.15, -0.1) is 0 Å². The monoisotopic (exact) mass is 375 g/mol. The van der Waals surface area contributed by atoms with Gasteiger partial charge in [-0.3, -0.25) is 19.6 Å². The molecule has 1 saturated carbocycles. The van der Waals surface area contributed by atoms with Gasteiger partial charge in [-0.1, -0.05) is 12.8 Å². The van der Waals surface area contributed by atoms with Crippen molar-refractivity contribution in [2.75, 3.05) is 26.7 Å². The maximum atomic E-state index is 12.7. The number of nitrogens with zero attached hydrogens (tertiary/aromatic N) is 3. The number of aryl methyl sites for hydroxylation is 2. The lowest BCUT2D eigenvalue weighted by Crippen LogP contribution is -2.59. The molecule has 0 bridgehead atoms. The summed E-state index contributed by atoms with van der Waals surface area (Å²) >= 11 is 0. The molecule has 0 radical (unpaired) electrons. The second-order valence-electron chi connectivity index (χ2n) is 8.02. The number of rotatable bonds is 7. The van der Waals surface area contributed by atoms with E-state index in [1.54, 1.807) is 4.90 Å². The van der Waals surface area contributed by atoms with E-state index in [2.05, 4.69) is 20.4 Å². The van der Waals surface area contributed by atoms with E-state index >= 15 is 0 Å². The van der Waals surface area contributed by atoms with E-state index in [1.807, 2.05) is 20.9 Å². The van der Waals surface area contributed by atoms with Crippen molar-refractivity contribution in [3.8, 4) is 0 Å². The van der Waals surface area contributed by atoms with Crippen LogP contribution in [0.2, 0.25) is 0 Å². The number of hydrogen-bond donors (Lipinski definition) is 2. The van der Waals surface area contributed by atoms with E-state index in [0.717, 1.165) is 43.6 Å². The molecule has 3 rings (SSSR count). The molecule has 1 aromatic heterocycles. The number of aromatic amines is 1. The molecule has 2 aliphatic rings. The van der Waals surface area contributed by atoms with Gasteiger partial charge in [-0.05, 0) is 45.1 Å². The molecule has 2 heterocycles. The Balaban J connectivity index is 1.52. The number of carbonyl (C=O) groups is 2. The highest BCUT2D eigenvalue weighted by Gasteiger charge is 2.37. The van der Waals surface area contributed by atoms with Crippen molar-refractivity contribution in [2.24, 2.45) is 0 Å². The molecule has 2 fully saturated rings. The van der Waals surface area contributed by atoms with Crippen LogP contribution >= 0.6 is 0 Å². The van der Waals surface area contributed by atoms with Crippen LogP contribution in [0.4, 0.5) is 0 Å². The first-order chi connectivity index (χ1) is 13.0. The third-order valence-electron chi connectivity index (χ3n) is 6.16. The third kappa shape index (κ3) is 4.69. The minimum atomic E-state index is -0.310. The van der Waals surface area contributed by atoms with E-state index in [4.69, 9.17) is 0 Å². The zero-order valence-corrected chi connectivity index (χ0v) is 16.9. The van der Waals surface area contributed by atoms with Crippen LogP contribution in [0.25, 0.3) is 0 Å². The number of carbonyl (C=O) groups excluding carboxylic acids is 2. The Morgan fingerprint density at radius 1 is 1.30 bits per heavy atom. The van der Waals surface area contributed by atoms with Gasteiger partial charge in [0.15, 0.2) is 0 Å². The number of piperazine rings is 1. The van der Waals surface area contributed by atoms with Crippen molar-refractivity contribution in [2.45, 2.75) is 70.9 Å². The van der Waals surface area contributed by atoms with Gasteiger partial charge in [-0.25, -0.2) is 0 Å². The first kappa shape index (κ1) is 19.9. The zero-order chi connectivity index (χ0) is 19.4. The molecule has 2 N–H and O–H groups in total. The summed E-state index contributed by atoms with van der Waals surface area (Å²) in [6, 6.07) is 0.154. The highest BCUT2D eigenvalue weighted by Crippen LogP contribution is 2.27. The van der Waals surface area contributed by atoms with Gasteiger partial charge in [0.25, 0.3) is 0 Å². The summed E-state index contributed by atoms with van der Waals surface area (Å²) in [4.78, 5) is 29.2. The summed E-state index contributed by atoms with van der Waals surface area (Å²) in [5, 5.41) is 10.2. The first-order valence-corrected chi connectivity index (χ1v) is 10.2. The molecular formula is C20H33N5O2. The Hall–Kier alpha value is -1.89. The van der Waals surface area contributed by atoms with Crippen molar-refractivity contribution in [3.05, 3.63) is 17.0 Å². The fourth-order valence-corrected chi connectivity index (χ4v) is 4.50. The molecule has 0 unspecified atom stereocenters. The predicted octanol–water partition coefficient (Wildman–Crippen LogP) is 1.55. The van der Waals surface area contributed by atoms with E-state index in [-0.39, 0.29) is 24.3 Å². The lowest BCUT2D eigenvalue weighted by atomic mass is 10.0. The molecule has 7 heteroatoms. The summed E-state index contributed by atoms with van der Waals surface area (Å²) in [5.41, 5.74) is 3.38. The molecule has 0 aromatic carbocycles. The van der Waals surface area contributed by atoms with Crippen LogP contribution in [0.5, 0.6) is 0 Å². The molecule has 150 valence electrons. The predicted molar refractivity (Wildman–Crippen MR) is 104 cm³/mol. The van der Waals surface area contributed by atoms with Gasteiger partial charge in [0.1, 0.15) is 0 Å². The molecule has 1 aromatic rings. The van der Waals surface area contributed by atoms with Gasteiger partial charge >= 0.3 is 0 Å². The van der Waals surface area contributed by atoms with Crippen molar-refractivity contribution in [3.63, 3.8) is 0 Å². The van der Waals surface area contributed by atoms with Crippen LogP contribution in [0.15, 0.2) is 0 Å². The number of hydrogen-bond acceptors (Lipinski definition) is 4. The number of aromatic nitrogens is 2. The van der Waals surface area contributed by atoms with Gasteiger partial charge in [-0.2, -0.15) is 5.10 Å². The lowest BCUT2D eigenvalue weighted by molar-refractivity contribution is -0.139. The maximum Gasteiger partial charge on any atom is 0.237 e. The van der Waals surface area contributed by atoms with E-state index in [9.17, 15) is 9.59 Å². The Morgan fingerprint density at radius 3 is 2.70 bits per heavy atom. The average molecular weight is 376 g/mol. The van der Waals surface area contributed by atoms with Crippen LogP contribution in [-0.4, -0.2) is 70.6 Å². The normalized spacial score (nSPS) is 21.4. The van der Waals surface area contributed by atoms with Crippen LogP contribution in [0.3, 0.4) is 0 Å². The SMILES string of the molecule is Cc1n[nH]c(C)c1CCCN(C)C(=O)C[C@H]1C(=O)NCCN1C1CCCC1. The van der Waals surface area contributed by atoms with Crippen molar-refractivity contribution < 1.29 is 9.59 Å². The molecule has 27 heavy (non-hydrogen) atoms. The van der Waals surface area contributed by atoms with Gasteiger partial charge in [0, 0.05) is 38.4 Å². The summed E-state index contributed by atoms with van der Waals surface area (Å²) in [5.74, 6) is 0.0697. The van der Waals surface area contributed by atoms with Crippen LogP contribution in [0.1, 0.15) is 55.5 Å². The van der Waals surface area contributed by atoms with Crippen molar-refractivity contribution in [1.82, 2.24) is 25.3 Å². The zero-order valence-electron chi connectivity index (χ0n) is 16.9. The second-order valence-corrected chi connectivity index (χ2v) is 8.02. The van der Waals surface area contributed by atoms with Gasteiger partial charge in [0.05, 0.1) is 18.2 Å². The average Bonchev–Trinajstić information content (AvgIpc) is 3.28. The summed E-state index contributed by atoms with van der Waals surface area (Å²) in [6.45, 7) is 6.29. The highest BCUT2D eigenvalue weighted by molar-refractivity contribution is 5.88.